The molecule has 0 aliphatic heterocycles. The van der Waals surface area contributed by atoms with Crippen LogP contribution in [-0.4, -0.2) is 12.4 Å². The van der Waals surface area contributed by atoms with Crippen LogP contribution in [0.3, 0.4) is 0 Å². The van der Waals surface area contributed by atoms with E-state index in [0.29, 0.717) is 5.92 Å². The topological polar surface area (TPSA) is 4.93 Å². The van der Waals surface area contributed by atoms with Crippen molar-refractivity contribution in [3.8, 4) is 16.8 Å². The molecule has 0 saturated carbocycles. The number of hydrogen-bond donors (Lipinski definition) is 0. The minimum absolute atomic E-state index is 0.114. The molecule has 1 aromatic heterocycles. The van der Waals surface area contributed by atoms with E-state index in [-0.39, 0.29) is 5.41 Å². The molecule has 144 valence electrons. The first kappa shape index (κ1) is 17.8. The molecule has 0 fully saturated rings. The zero-order chi connectivity index (χ0) is 20.6. The molecule has 2 aliphatic rings. The fraction of sp³-hybridized carbons (Fsp3) is 0.214. The second-order valence-corrected chi connectivity index (χ2v) is 9.34. The van der Waals surface area contributed by atoms with Crippen LogP contribution in [0, 0.1) is 5.92 Å². The average Bonchev–Trinajstić information content (AvgIpc) is 3.18. The van der Waals surface area contributed by atoms with E-state index in [1.54, 1.807) is 0 Å². The molecule has 1 atom stereocenters. The van der Waals surface area contributed by atoms with Crippen molar-refractivity contribution in [1.82, 2.24) is 4.57 Å². The molecule has 0 bridgehead atoms. The lowest BCUT2D eigenvalue weighted by molar-refractivity contribution is 0.665. The number of fused-ring (bicyclic) bond motifs is 7. The molecule has 2 heteroatoms. The third kappa shape index (κ3) is 2.20. The molecule has 0 N–H and O–H groups in total. The molecule has 6 rings (SSSR count). The Labute approximate surface area is 178 Å². The van der Waals surface area contributed by atoms with Gasteiger partial charge >= 0.3 is 0 Å². The Morgan fingerprint density at radius 3 is 2.53 bits per heavy atom. The number of benzene rings is 3. The Balaban J connectivity index is 1.91. The minimum atomic E-state index is -0.114. The van der Waals surface area contributed by atoms with Crippen LogP contribution in [-0.2, 0) is 5.41 Å². The van der Waals surface area contributed by atoms with Gasteiger partial charge in [-0.3, -0.25) is 0 Å². The molecule has 1 nitrogen and oxygen atoms in total. The molecule has 3 aromatic carbocycles. The van der Waals surface area contributed by atoms with Gasteiger partial charge in [0.15, 0.2) is 0 Å². The van der Waals surface area contributed by atoms with Gasteiger partial charge in [-0.15, -0.1) is 0 Å². The number of nitrogens with zero attached hydrogens (tertiary/aromatic N) is 1. The van der Waals surface area contributed by atoms with Gasteiger partial charge in [0.05, 0.1) is 10.9 Å². The van der Waals surface area contributed by atoms with Gasteiger partial charge in [0.1, 0.15) is 7.85 Å². The standard InChI is InChI=1S/C28H24BN/c1-17-13-14-19-21-16-23(29)26-25(20-11-7-8-12-22(20)28(26,2)3)27(21)30(24(19)15-17)18-9-5-4-6-10-18/h4-12,14-17H,13H2,1-3H3. The van der Waals surface area contributed by atoms with E-state index < -0.39 is 0 Å². The van der Waals surface area contributed by atoms with Gasteiger partial charge in [0.2, 0.25) is 0 Å². The van der Waals surface area contributed by atoms with Crippen molar-refractivity contribution in [3.05, 3.63) is 82.4 Å². The fourth-order valence-corrected chi connectivity index (χ4v) is 5.69. The summed E-state index contributed by atoms with van der Waals surface area (Å²) in [5.41, 5.74) is 8.52. The van der Waals surface area contributed by atoms with Crippen molar-refractivity contribution < 1.29 is 0 Å². The van der Waals surface area contributed by atoms with Crippen molar-refractivity contribution >= 4 is 36.4 Å². The van der Waals surface area contributed by atoms with Crippen LogP contribution in [0.1, 0.15) is 38.3 Å². The molecule has 4 aromatic rings. The highest BCUT2D eigenvalue weighted by Gasteiger charge is 2.38. The maximum Gasteiger partial charge on any atom is 0.114 e. The van der Waals surface area contributed by atoms with E-state index >= 15 is 0 Å². The molecule has 0 amide bonds. The van der Waals surface area contributed by atoms with Gasteiger partial charge < -0.3 is 4.57 Å². The maximum atomic E-state index is 6.77. The van der Waals surface area contributed by atoms with E-state index in [1.807, 2.05) is 0 Å². The quantitative estimate of drug-likeness (QED) is 0.430. The van der Waals surface area contributed by atoms with Crippen LogP contribution >= 0.6 is 0 Å². The highest BCUT2D eigenvalue weighted by molar-refractivity contribution is 6.36. The lowest BCUT2D eigenvalue weighted by atomic mass is 9.75. The number of para-hydroxylation sites is 1. The summed E-state index contributed by atoms with van der Waals surface area (Å²) >= 11 is 0. The first-order valence-corrected chi connectivity index (χ1v) is 10.8. The van der Waals surface area contributed by atoms with Crippen LogP contribution in [0.15, 0.2) is 60.7 Å². The smallest absolute Gasteiger partial charge is 0.114 e. The maximum absolute atomic E-state index is 6.77. The van der Waals surface area contributed by atoms with Crippen molar-refractivity contribution in [2.24, 2.45) is 5.92 Å². The fourth-order valence-electron chi connectivity index (χ4n) is 5.69. The molecule has 30 heavy (non-hydrogen) atoms. The Morgan fingerprint density at radius 2 is 1.73 bits per heavy atom. The van der Waals surface area contributed by atoms with Crippen LogP contribution in [0.5, 0.6) is 0 Å². The van der Waals surface area contributed by atoms with Crippen molar-refractivity contribution in [2.75, 3.05) is 0 Å². The highest BCUT2D eigenvalue weighted by atomic mass is 15.0. The molecule has 2 radical (unpaired) electrons. The van der Waals surface area contributed by atoms with Gasteiger partial charge in [0, 0.05) is 27.3 Å². The summed E-state index contributed by atoms with van der Waals surface area (Å²) in [4.78, 5) is 0. The normalized spacial score (nSPS) is 18.3. The van der Waals surface area contributed by atoms with Gasteiger partial charge in [-0.05, 0) is 41.2 Å². The second kappa shape index (κ2) is 6.01. The van der Waals surface area contributed by atoms with E-state index in [2.05, 4.69) is 98.2 Å². The van der Waals surface area contributed by atoms with E-state index in [1.165, 1.54) is 49.4 Å². The Bertz CT molecular complexity index is 1450. The van der Waals surface area contributed by atoms with E-state index in [9.17, 15) is 0 Å². The molecule has 0 spiro atoms. The largest absolute Gasteiger partial charge is 0.309 e. The SMILES string of the molecule is [B]c1cc2c3c(n(-c4ccccc4)c2c2c1C(C)(C)c1ccccc1-2)=CC(C)CC=3. The van der Waals surface area contributed by atoms with Crippen molar-refractivity contribution in [1.29, 1.82) is 0 Å². The monoisotopic (exact) mass is 385 g/mol. The summed E-state index contributed by atoms with van der Waals surface area (Å²) in [6.45, 7) is 6.90. The predicted octanol–water partition coefficient (Wildman–Crippen LogP) is 4.33. The first-order chi connectivity index (χ1) is 14.5. The first-order valence-electron chi connectivity index (χ1n) is 10.8. The Hall–Kier alpha value is -3.00. The average molecular weight is 385 g/mol. The second-order valence-electron chi connectivity index (χ2n) is 9.34. The summed E-state index contributed by atoms with van der Waals surface area (Å²) in [6, 6.07) is 21.8. The van der Waals surface area contributed by atoms with E-state index in [4.69, 9.17) is 7.85 Å². The minimum Gasteiger partial charge on any atom is -0.309 e. The summed E-state index contributed by atoms with van der Waals surface area (Å²) < 4.78 is 2.47. The summed E-state index contributed by atoms with van der Waals surface area (Å²) in [5, 5.41) is 3.88. The number of rotatable bonds is 1. The molecular formula is C28H24BN. The predicted molar refractivity (Wildman–Crippen MR) is 128 cm³/mol. The zero-order valence-electron chi connectivity index (χ0n) is 17.7. The van der Waals surface area contributed by atoms with Gasteiger partial charge in [-0.25, -0.2) is 0 Å². The number of aromatic nitrogens is 1. The Kier molecular flexibility index (Phi) is 3.57. The molecule has 0 saturated heterocycles. The molecular weight excluding hydrogens is 361 g/mol. The third-order valence-electron chi connectivity index (χ3n) is 7.01. The number of hydrogen-bond acceptors (Lipinski definition) is 0. The molecule has 2 aliphatic carbocycles. The summed E-state index contributed by atoms with van der Waals surface area (Å²) in [5.74, 6) is 0.526. The lowest BCUT2D eigenvalue weighted by Gasteiger charge is -2.24. The van der Waals surface area contributed by atoms with Crippen molar-refractivity contribution in [2.45, 2.75) is 32.6 Å². The lowest BCUT2D eigenvalue weighted by Crippen LogP contribution is -2.32. The van der Waals surface area contributed by atoms with Crippen LogP contribution in [0.2, 0.25) is 0 Å². The van der Waals surface area contributed by atoms with Gasteiger partial charge in [-0.2, -0.15) is 0 Å². The third-order valence-corrected chi connectivity index (χ3v) is 7.01. The van der Waals surface area contributed by atoms with Gasteiger partial charge in [-0.1, -0.05) is 86.9 Å². The van der Waals surface area contributed by atoms with Gasteiger partial charge in [0.25, 0.3) is 0 Å². The van der Waals surface area contributed by atoms with Crippen LogP contribution in [0.25, 0.3) is 39.9 Å². The molecule has 1 unspecified atom stereocenters. The van der Waals surface area contributed by atoms with E-state index in [0.717, 1.165) is 11.9 Å². The van der Waals surface area contributed by atoms with Crippen molar-refractivity contribution in [3.63, 3.8) is 0 Å². The van der Waals surface area contributed by atoms with Crippen LogP contribution in [0.4, 0.5) is 0 Å². The van der Waals surface area contributed by atoms with Crippen LogP contribution < -0.4 is 16.0 Å². The highest BCUT2D eigenvalue weighted by Crippen LogP contribution is 2.50. The molecule has 1 heterocycles. The zero-order valence-corrected chi connectivity index (χ0v) is 17.7. The Morgan fingerprint density at radius 1 is 1.00 bits per heavy atom. The summed E-state index contributed by atoms with van der Waals surface area (Å²) in [7, 11) is 6.77. The summed E-state index contributed by atoms with van der Waals surface area (Å²) in [6.07, 6.45) is 5.90.